The fourth-order valence-corrected chi connectivity index (χ4v) is 6.86. The third-order valence-corrected chi connectivity index (χ3v) is 8.76. The molecule has 3 fully saturated rings. The van der Waals surface area contributed by atoms with Crippen molar-refractivity contribution < 1.29 is 40.7 Å². The number of hydrogen-bond acceptors (Lipinski definition) is 4. The van der Waals surface area contributed by atoms with E-state index < -0.39 is 52.9 Å². The second kappa shape index (κ2) is 8.74. The number of nitrogens with zero attached hydrogens (tertiary/aromatic N) is 3. The quantitative estimate of drug-likeness (QED) is 0.545. The van der Waals surface area contributed by atoms with Gasteiger partial charge in [0.05, 0.1) is 23.6 Å². The monoisotopic (exact) mass is 535 g/mol. The Kier molecular flexibility index (Phi) is 6.15. The molecule has 3 aliphatic heterocycles. The average Bonchev–Trinajstić information content (AvgIpc) is 3.35. The third kappa shape index (κ3) is 4.22. The van der Waals surface area contributed by atoms with Crippen LogP contribution in [0, 0.1) is 11.3 Å². The van der Waals surface area contributed by atoms with E-state index in [1.54, 1.807) is 6.92 Å². The van der Waals surface area contributed by atoms with Gasteiger partial charge in [0.15, 0.2) is 0 Å². The molecule has 13 heteroatoms. The number of carbonyl (C=O) groups is 2. The zero-order valence-electron chi connectivity index (χ0n) is 20.1. The lowest BCUT2D eigenvalue weighted by Crippen LogP contribution is -2.53. The van der Waals surface area contributed by atoms with Gasteiger partial charge in [-0.05, 0) is 44.1 Å². The number of halogens is 6. The van der Waals surface area contributed by atoms with Crippen LogP contribution in [0.1, 0.15) is 50.3 Å². The van der Waals surface area contributed by atoms with Crippen LogP contribution in [-0.4, -0.2) is 63.7 Å². The van der Waals surface area contributed by atoms with Crippen molar-refractivity contribution in [3.05, 3.63) is 33.7 Å². The highest BCUT2D eigenvalue weighted by Crippen LogP contribution is 2.55. The number of fused-ring (bicyclic) bond motifs is 2. The maximum Gasteiger partial charge on any atom is 0.471 e. The highest BCUT2D eigenvalue weighted by Gasteiger charge is 2.62. The molecule has 2 unspecified atom stereocenters. The van der Waals surface area contributed by atoms with Gasteiger partial charge in [0.1, 0.15) is 0 Å². The van der Waals surface area contributed by atoms with Gasteiger partial charge in [0.2, 0.25) is 5.91 Å². The van der Waals surface area contributed by atoms with E-state index in [9.17, 15) is 40.7 Å². The predicted molar refractivity (Wildman–Crippen MR) is 116 cm³/mol. The van der Waals surface area contributed by atoms with Crippen LogP contribution in [0.25, 0.3) is 0 Å². The van der Waals surface area contributed by atoms with Crippen molar-refractivity contribution in [3.8, 4) is 0 Å². The number of hydrogen-bond donors (Lipinski definition) is 0. The maximum atomic E-state index is 13.7. The van der Waals surface area contributed by atoms with Crippen LogP contribution >= 0.6 is 0 Å². The highest BCUT2D eigenvalue weighted by molar-refractivity contribution is 5.87. The normalized spacial score (nSPS) is 30.5. The topological polar surface area (TPSA) is 71.9 Å². The molecule has 7 nitrogen and oxygen atoms in total. The number of carbonyl (C=O) groups excluding carboxylic acids is 2. The van der Waals surface area contributed by atoms with Crippen molar-refractivity contribution in [2.24, 2.45) is 11.3 Å². The van der Waals surface area contributed by atoms with E-state index >= 15 is 0 Å². The highest BCUT2D eigenvalue weighted by atomic mass is 19.4. The van der Waals surface area contributed by atoms with E-state index in [0.29, 0.717) is 6.07 Å². The summed E-state index contributed by atoms with van der Waals surface area (Å²) in [6, 6.07) is -0.528. The lowest BCUT2D eigenvalue weighted by molar-refractivity contribution is -0.192. The zero-order valence-corrected chi connectivity index (χ0v) is 20.1. The van der Waals surface area contributed by atoms with Gasteiger partial charge in [-0.15, -0.1) is 0 Å². The van der Waals surface area contributed by atoms with Gasteiger partial charge >= 0.3 is 18.3 Å². The smallest absolute Gasteiger partial charge is 0.381 e. The molecule has 1 spiro atoms. The lowest BCUT2D eigenvalue weighted by Gasteiger charge is -2.39. The fourth-order valence-electron chi connectivity index (χ4n) is 6.86. The Hall–Kier alpha value is -2.57. The standard InChI is InChI=1S/C24H27F6N3O4/c1-13-18-12-31-17(8-14(9-19(31)34)23(25,26)27)11-32(18)20(35)22(13)5-2-16(10-22)33(21(36)24(28,29)30)15-3-6-37-7-4-15/h8-9,13,15-16,18H,2-7,10-12H2,1H3/t13?,16-,18?,22+/m1/s1. The summed E-state index contributed by atoms with van der Waals surface area (Å²) in [6.45, 7) is 2.10. The predicted octanol–water partition coefficient (Wildman–Crippen LogP) is 3.34. The molecule has 0 bridgehead atoms. The van der Waals surface area contributed by atoms with Crippen molar-refractivity contribution >= 4 is 11.8 Å². The Morgan fingerprint density at radius 2 is 1.73 bits per heavy atom. The second-order valence-electron chi connectivity index (χ2n) is 10.6. The second-order valence-corrected chi connectivity index (χ2v) is 10.6. The summed E-state index contributed by atoms with van der Waals surface area (Å²) >= 11 is 0. The van der Waals surface area contributed by atoms with Crippen LogP contribution in [0.3, 0.4) is 0 Å². The SMILES string of the molecule is CC1C2Cn3c(cc(C(F)(F)F)cc3=O)CN2C(=O)[C@]12CC[C@@H](N(C(=O)C(F)(F)F)C1CCOCC1)C2. The largest absolute Gasteiger partial charge is 0.471 e. The third-order valence-electron chi connectivity index (χ3n) is 8.76. The Bertz CT molecular complexity index is 1160. The van der Waals surface area contributed by atoms with Crippen molar-refractivity contribution in [3.63, 3.8) is 0 Å². The van der Waals surface area contributed by atoms with Crippen LogP contribution < -0.4 is 5.56 Å². The zero-order chi connectivity index (χ0) is 26.9. The number of aromatic nitrogens is 1. The maximum absolute atomic E-state index is 13.7. The first-order valence-electron chi connectivity index (χ1n) is 12.3. The van der Waals surface area contributed by atoms with Gasteiger partial charge in [-0.2, -0.15) is 26.3 Å². The minimum atomic E-state index is -5.06. The van der Waals surface area contributed by atoms with Crippen molar-refractivity contribution in [1.82, 2.24) is 14.4 Å². The summed E-state index contributed by atoms with van der Waals surface area (Å²) in [4.78, 5) is 41.1. The first kappa shape index (κ1) is 26.1. The number of amides is 2. The number of rotatable bonds is 2. The molecule has 1 aromatic heterocycles. The number of ether oxygens (including phenoxy) is 1. The molecular formula is C24H27F6N3O4. The average molecular weight is 535 g/mol. The van der Waals surface area contributed by atoms with Crippen LogP contribution in [0.5, 0.6) is 0 Å². The van der Waals surface area contributed by atoms with Crippen molar-refractivity contribution in [2.45, 2.75) is 82.6 Å². The molecule has 0 aromatic carbocycles. The van der Waals surface area contributed by atoms with E-state index in [-0.39, 0.29) is 75.9 Å². The first-order valence-corrected chi connectivity index (χ1v) is 12.3. The van der Waals surface area contributed by atoms with Crippen LogP contribution in [0.15, 0.2) is 16.9 Å². The van der Waals surface area contributed by atoms with E-state index in [1.165, 1.54) is 9.47 Å². The molecule has 5 rings (SSSR count). The minimum absolute atomic E-state index is 0.0107. The van der Waals surface area contributed by atoms with Crippen LogP contribution in [-0.2, 0) is 33.6 Å². The summed E-state index contributed by atoms with van der Waals surface area (Å²) < 4.78 is 87.0. The summed E-state index contributed by atoms with van der Waals surface area (Å²) in [5.41, 5.74) is -2.88. The minimum Gasteiger partial charge on any atom is -0.381 e. The molecule has 4 heterocycles. The van der Waals surface area contributed by atoms with Crippen LogP contribution in [0.4, 0.5) is 26.3 Å². The van der Waals surface area contributed by atoms with Crippen molar-refractivity contribution in [1.29, 1.82) is 0 Å². The number of alkyl halides is 6. The molecule has 1 aliphatic carbocycles. The van der Waals surface area contributed by atoms with Gasteiger partial charge in [-0.25, -0.2) is 0 Å². The summed E-state index contributed by atoms with van der Waals surface area (Å²) in [7, 11) is 0. The van der Waals surface area contributed by atoms with E-state index in [1.807, 2.05) is 0 Å². The van der Waals surface area contributed by atoms with Gasteiger partial charge in [-0.3, -0.25) is 14.4 Å². The molecule has 2 amide bonds. The van der Waals surface area contributed by atoms with E-state index in [4.69, 9.17) is 4.74 Å². The summed E-state index contributed by atoms with van der Waals surface area (Å²) in [5, 5.41) is 0. The lowest BCUT2D eigenvalue weighted by atomic mass is 9.74. The molecule has 1 aromatic rings. The van der Waals surface area contributed by atoms with Gasteiger partial charge in [0.25, 0.3) is 5.56 Å². The molecule has 0 radical (unpaired) electrons. The van der Waals surface area contributed by atoms with Gasteiger partial charge in [0, 0.05) is 43.6 Å². The summed E-state index contributed by atoms with van der Waals surface area (Å²) in [6.07, 6.45) is -8.73. The van der Waals surface area contributed by atoms with Gasteiger partial charge < -0.3 is 19.1 Å². The Balaban J connectivity index is 1.43. The fraction of sp³-hybridized carbons (Fsp3) is 0.708. The van der Waals surface area contributed by atoms with E-state index in [0.717, 1.165) is 11.0 Å². The molecule has 0 N–H and O–H groups in total. The van der Waals surface area contributed by atoms with Crippen molar-refractivity contribution in [2.75, 3.05) is 13.2 Å². The van der Waals surface area contributed by atoms with E-state index in [2.05, 4.69) is 0 Å². The van der Waals surface area contributed by atoms with Crippen LogP contribution in [0.2, 0.25) is 0 Å². The molecule has 1 saturated carbocycles. The number of pyridine rings is 1. The molecule has 2 saturated heterocycles. The molecular weight excluding hydrogens is 508 g/mol. The Morgan fingerprint density at radius 3 is 2.35 bits per heavy atom. The van der Waals surface area contributed by atoms with Gasteiger partial charge in [-0.1, -0.05) is 6.92 Å². The Labute approximate surface area is 208 Å². The first-order chi connectivity index (χ1) is 17.2. The molecule has 204 valence electrons. The molecule has 4 aliphatic rings. The summed E-state index contributed by atoms with van der Waals surface area (Å²) in [5.74, 6) is -2.63. The Morgan fingerprint density at radius 1 is 1.05 bits per heavy atom. The molecule has 4 atom stereocenters. The molecule has 37 heavy (non-hydrogen) atoms.